The van der Waals surface area contributed by atoms with Gasteiger partial charge >= 0.3 is 18.2 Å². The topological polar surface area (TPSA) is 124 Å². The molecule has 2 heterocycles. The number of aryl methyl sites for hydroxylation is 1. The number of aromatic nitrogens is 3. The smallest absolute Gasteiger partial charge is 0.419 e. The summed E-state index contributed by atoms with van der Waals surface area (Å²) in [5.41, 5.74) is -0.474. The number of hydrogen-bond donors (Lipinski definition) is 1. The number of allylic oxidation sites excluding steroid dienone is 1. The molecule has 35 heavy (non-hydrogen) atoms. The van der Waals surface area contributed by atoms with Crippen molar-refractivity contribution in [2.45, 2.75) is 72.5 Å². The first-order valence-corrected chi connectivity index (χ1v) is 11.3. The van der Waals surface area contributed by atoms with E-state index in [0.29, 0.717) is 12.2 Å². The summed E-state index contributed by atoms with van der Waals surface area (Å²) in [6.45, 7) is 12.1. The monoisotopic (exact) mass is 486 g/mol. The van der Waals surface area contributed by atoms with E-state index in [9.17, 15) is 19.5 Å². The van der Waals surface area contributed by atoms with Crippen LogP contribution in [0.5, 0.6) is 0 Å². The van der Waals surface area contributed by atoms with Crippen molar-refractivity contribution in [2.75, 3.05) is 6.54 Å². The molecule has 0 radical (unpaired) electrons. The van der Waals surface area contributed by atoms with Gasteiger partial charge in [-0.1, -0.05) is 12.1 Å². The number of unbranched alkanes of at least 4 members (excludes halogenated alkanes) is 1. The molecule has 0 atom stereocenters. The predicted octanol–water partition coefficient (Wildman–Crippen LogP) is 5.00. The molecule has 0 aliphatic carbocycles. The Labute approximate surface area is 205 Å². The van der Waals surface area contributed by atoms with Gasteiger partial charge in [0.15, 0.2) is 0 Å². The minimum atomic E-state index is -1.14. The maximum Gasteiger partial charge on any atom is 0.419 e. The highest BCUT2D eigenvalue weighted by molar-refractivity contribution is 6.14. The van der Waals surface area contributed by atoms with Crippen LogP contribution in [0.2, 0.25) is 0 Å². The first-order chi connectivity index (χ1) is 16.2. The van der Waals surface area contributed by atoms with Crippen LogP contribution in [0.1, 0.15) is 65.8 Å². The number of nitrogens with zero attached hydrogens (tertiary/aromatic N) is 4. The zero-order chi connectivity index (χ0) is 26.4. The van der Waals surface area contributed by atoms with Crippen molar-refractivity contribution in [1.82, 2.24) is 19.4 Å². The largest absolute Gasteiger partial charge is 0.478 e. The molecule has 0 unspecified atom stereocenters. The minimum absolute atomic E-state index is 0.00508. The van der Waals surface area contributed by atoms with E-state index in [1.165, 1.54) is 12.4 Å². The fraction of sp³-hybridized carbons (Fsp3) is 0.480. The number of rotatable bonds is 7. The third kappa shape index (κ3) is 8.88. The molecule has 2 aromatic rings. The van der Waals surface area contributed by atoms with Crippen LogP contribution >= 0.6 is 0 Å². The summed E-state index contributed by atoms with van der Waals surface area (Å²) in [6, 6.07) is 5.51. The normalized spacial score (nSPS) is 12.3. The van der Waals surface area contributed by atoms with Crippen LogP contribution < -0.4 is 0 Å². The second-order valence-electron chi connectivity index (χ2n) is 9.98. The van der Waals surface area contributed by atoms with E-state index in [4.69, 9.17) is 9.47 Å². The van der Waals surface area contributed by atoms with Crippen molar-refractivity contribution in [3.05, 3.63) is 48.2 Å². The summed E-state index contributed by atoms with van der Waals surface area (Å²) >= 11 is 0. The Morgan fingerprint density at radius 1 is 1.06 bits per heavy atom. The first-order valence-electron chi connectivity index (χ1n) is 11.3. The molecule has 0 saturated carbocycles. The lowest BCUT2D eigenvalue weighted by Gasteiger charge is -2.28. The number of imidazole rings is 1. The Balaban J connectivity index is 2.14. The first kappa shape index (κ1) is 27.6. The lowest BCUT2D eigenvalue weighted by Crippen LogP contribution is -2.44. The fourth-order valence-electron chi connectivity index (χ4n) is 2.95. The maximum atomic E-state index is 12.6. The average Bonchev–Trinajstić information content (AvgIpc) is 3.17. The third-order valence-corrected chi connectivity index (χ3v) is 4.39. The van der Waals surface area contributed by atoms with Crippen molar-refractivity contribution in [3.63, 3.8) is 0 Å². The number of pyridine rings is 1. The van der Waals surface area contributed by atoms with Crippen LogP contribution in [-0.4, -0.2) is 60.4 Å². The van der Waals surface area contributed by atoms with Crippen LogP contribution in [0.3, 0.4) is 0 Å². The number of carboxylic acid groups (broad SMARTS) is 1. The van der Waals surface area contributed by atoms with Crippen molar-refractivity contribution < 1.29 is 29.0 Å². The van der Waals surface area contributed by atoms with Crippen LogP contribution in [-0.2, 0) is 14.3 Å². The molecule has 10 nitrogen and oxygen atoms in total. The van der Waals surface area contributed by atoms with Gasteiger partial charge in [-0.15, -0.1) is 0 Å². The van der Waals surface area contributed by atoms with Gasteiger partial charge in [0.1, 0.15) is 23.3 Å². The summed E-state index contributed by atoms with van der Waals surface area (Å²) in [7, 11) is 0. The van der Waals surface area contributed by atoms with Gasteiger partial charge in [-0.25, -0.2) is 29.3 Å². The fourth-order valence-corrected chi connectivity index (χ4v) is 2.95. The molecular weight excluding hydrogens is 452 g/mol. The molecule has 10 heteroatoms. The van der Waals surface area contributed by atoms with E-state index < -0.39 is 29.4 Å². The van der Waals surface area contributed by atoms with Gasteiger partial charge in [0, 0.05) is 18.4 Å². The number of carboxylic acids is 1. The lowest BCUT2D eigenvalue weighted by atomic mass is 10.1. The number of imide groups is 1. The summed E-state index contributed by atoms with van der Waals surface area (Å²) in [5, 5.41) is 9.70. The SMILES string of the molecule is Cc1cccc(-n2cnc(/C(=C/CCCN(C(=O)OC(C)(C)C)C(=O)OC(C)(C)C)C(=O)O)c2)n1. The molecule has 0 bridgehead atoms. The molecule has 0 spiro atoms. The molecule has 190 valence electrons. The quantitative estimate of drug-likeness (QED) is 0.428. The van der Waals surface area contributed by atoms with Crippen LogP contribution in [0, 0.1) is 6.92 Å². The Hall–Kier alpha value is -3.69. The van der Waals surface area contributed by atoms with E-state index in [0.717, 1.165) is 10.6 Å². The molecule has 2 rings (SSSR count). The van der Waals surface area contributed by atoms with Crippen molar-refractivity contribution in [3.8, 4) is 5.82 Å². The molecule has 0 saturated heterocycles. The highest BCUT2D eigenvalue weighted by Gasteiger charge is 2.30. The van der Waals surface area contributed by atoms with E-state index in [1.807, 2.05) is 19.1 Å². The van der Waals surface area contributed by atoms with Gasteiger partial charge in [-0.2, -0.15) is 0 Å². The highest BCUT2D eigenvalue weighted by atomic mass is 16.6. The molecule has 0 fully saturated rings. The highest BCUT2D eigenvalue weighted by Crippen LogP contribution is 2.18. The number of hydrogen-bond acceptors (Lipinski definition) is 7. The van der Waals surface area contributed by atoms with Gasteiger partial charge in [-0.3, -0.25) is 4.57 Å². The standard InChI is InChI=1S/C25H34N4O6/c1-17-11-10-13-20(27-17)28-15-19(26-16-28)18(21(30)31)12-8-9-14-29(22(32)34-24(2,3)4)23(33)35-25(5,6)7/h10-13,15-16H,8-9,14H2,1-7H3,(H,30,31)/b18-12-. The maximum absolute atomic E-state index is 12.6. The van der Waals surface area contributed by atoms with E-state index in [2.05, 4.69) is 9.97 Å². The molecule has 1 N–H and O–H groups in total. The van der Waals surface area contributed by atoms with Crippen LogP contribution in [0.4, 0.5) is 9.59 Å². The lowest BCUT2D eigenvalue weighted by molar-refractivity contribution is -0.130. The van der Waals surface area contributed by atoms with Gasteiger partial charge in [0.2, 0.25) is 0 Å². The second-order valence-corrected chi connectivity index (χ2v) is 9.98. The Morgan fingerprint density at radius 2 is 1.66 bits per heavy atom. The second kappa shape index (κ2) is 11.2. The van der Waals surface area contributed by atoms with Crippen LogP contribution in [0.25, 0.3) is 11.4 Å². The van der Waals surface area contributed by atoms with E-state index in [1.54, 1.807) is 58.4 Å². The number of amides is 2. The zero-order valence-corrected chi connectivity index (χ0v) is 21.4. The predicted molar refractivity (Wildman–Crippen MR) is 130 cm³/mol. The molecule has 2 amide bonds. The zero-order valence-electron chi connectivity index (χ0n) is 21.4. The average molecular weight is 487 g/mol. The van der Waals surface area contributed by atoms with Gasteiger partial charge in [0.25, 0.3) is 0 Å². The number of carbonyl (C=O) groups excluding carboxylic acids is 2. The Morgan fingerprint density at radius 3 is 2.17 bits per heavy atom. The molecule has 0 aromatic carbocycles. The summed E-state index contributed by atoms with van der Waals surface area (Å²) in [6.07, 6.45) is 3.54. The van der Waals surface area contributed by atoms with Gasteiger partial charge in [0.05, 0.1) is 11.3 Å². The number of ether oxygens (including phenoxy) is 2. The number of aliphatic carboxylic acids is 1. The van der Waals surface area contributed by atoms with Crippen LogP contribution in [0.15, 0.2) is 36.8 Å². The van der Waals surface area contributed by atoms with Gasteiger partial charge < -0.3 is 14.6 Å². The van der Waals surface area contributed by atoms with E-state index in [-0.39, 0.29) is 24.2 Å². The molecular formula is C25H34N4O6. The van der Waals surface area contributed by atoms with E-state index >= 15 is 0 Å². The third-order valence-electron chi connectivity index (χ3n) is 4.39. The molecule has 0 aliphatic rings. The Kier molecular flexibility index (Phi) is 8.78. The Bertz CT molecular complexity index is 1060. The molecule has 0 aliphatic heterocycles. The van der Waals surface area contributed by atoms with Crippen molar-refractivity contribution in [1.29, 1.82) is 0 Å². The van der Waals surface area contributed by atoms with Gasteiger partial charge in [-0.05, 0) is 73.4 Å². The summed E-state index contributed by atoms with van der Waals surface area (Å²) < 4.78 is 12.3. The van der Waals surface area contributed by atoms with Crippen molar-refractivity contribution in [2.24, 2.45) is 0 Å². The number of carbonyl (C=O) groups is 3. The molecule has 2 aromatic heterocycles. The van der Waals surface area contributed by atoms with Crippen molar-refractivity contribution >= 4 is 23.7 Å². The minimum Gasteiger partial charge on any atom is -0.478 e. The summed E-state index contributed by atoms with van der Waals surface area (Å²) in [5.74, 6) is -0.512. The summed E-state index contributed by atoms with van der Waals surface area (Å²) in [4.78, 5) is 46.5.